The molecule has 1 N–H and O–H groups in total. The van der Waals surface area contributed by atoms with Crippen molar-refractivity contribution in [1.29, 1.82) is 0 Å². The molecule has 15 heteroatoms. The molecular formula is C52H62N2O10P2S. The van der Waals surface area contributed by atoms with Crippen molar-refractivity contribution < 1.29 is 45.3 Å². The normalized spacial score (nSPS) is 14.0. The van der Waals surface area contributed by atoms with Crippen LogP contribution in [0.25, 0.3) is 0 Å². The summed E-state index contributed by atoms with van der Waals surface area (Å²) in [4.78, 5) is 0. The third-order valence-corrected chi connectivity index (χ3v) is 16.6. The Morgan fingerprint density at radius 2 is 1.07 bits per heavy atom. The van der Waals surface area contributed by atoms with E-state index in [0.717, 1.165) is 37.0 Å². The van der Waals surface area contributed by atoms with Crippen molar-refractivity contribution in [3.05, 3.63) is 174 Å². The maximum absolute atomic E-state index is 11.0. The standard InChI is InChI=1S/C52H62N2O10P2S/c1-40-14-24-49(25-15-40)61-65(6,62-50-34-30-46(58-4)31-35-50)54-66(53-3,64-52-36-32-47(59-5)33-37-52)63-51-26-18-42(19-27-51)17-21-45(44-12-8-7-9-13-44)20-16-41(2)43-22-28-48(29-23-43)60-38-10-11-39-67(55,56)57/h7-9,12-15,18-19,22-37,41,45H,10-11,16-17,20-21,38-39H2,1-6H3,(H,55,56,57). The molecular weight excluding hydrogens is 907 g/mol. The van der Waals surface area contributed by atoms with Gasteiger partial charge in [-0.05, 0) is 159 Å². The molecule has 0 fully saturated rings. The van der Waals surface area contributed by atoms with Crippen LogP contribution in [0.4, 0.5) is 0 Å². The Bertz CT molecular complexity index is 2670. The number of rotatable bonds is 25. The number of methoxy groups -OCH3 is 2. The lowest BCUT2D eigenvalue weighted by Gasteiger charge is -2.27. The zero-order valence-corrected chi connectivity index (χ0v) is 41.7. The number of aryl methyl sites for hydroxylation is 2. The third-order valence-electron chi connectivity index (χ3n) is 11.1. The molecule has 0 spiro atoms. The van der Waals surface area contributed by atoms with E-state index in [0.29, 0.717) is 65.8 Å². The van der Waals surface area contributed by atoms with Gasteiger partial charge in [-0.15, -0.1) is 4.52 Å². The fourth-order valence-corrected chi connectivity index (χ4v) is 12.5. The second kappa shape index (κ2) is 24.4. The summed E-state index contributed by atoms with van der Waals surface area (Å²) < 4.78 is 84.2. The van der Waals surface area contributed by atoms with Gasteiger partial charge in [0.1, 0.15) is 40.2 Å². The summed E-state index contributed by atoms with van der Waals surface area (Å²) >= 11 is 0. The lowest BCUT2D eigenvalue weighted by molar-refractivity contribution is 0.309. The van der Waals surface area contributed by atoms with E-state index in [1.807, 2.05) is 98.5 Å². The number of unbranched alkanes of at least 4 members (excludes halogenated alkanes) is 1. The van der Waals surface area contributed by atoms with E-state index in [2.05, 4.69) is 61.5 Å². The highest BCUT2D eigenvalue weighted by atomic mass is 32.2. The number of ether oxygens (including phenoxy) is 3. The first-order valence-corrected chi connectivity index (χ1v) is 27.5. The van der Waals surface area contributed by atoms with Gasteiger partial charge >= 0.3 is 15.2 Å². The van der Waals surface area contributed by atoms with Gasteiger partial charge in [-0.3, -0.25) is 4.55 Å². The van der Waals surface area contributed by atoms with Gasteiger partial charge in [-0.2, -0.15) is 8.42 Å². The van der Waals surface area contributed by atoms with Crippen LogP contribution >= 0.6 is 15.2 Å². The first-order chi connectivity index (χ1) is 32.2. The zero-order chi connectivity index (χ0) is 47.7. The van der Waals surface area contributed by atoms with Gasteiger partial charge in [0.2, 0.25) is 0 Å². The van der Waals surface area contributed by atoms with Crippen molar-refractivity contribution in [2.45, 2.75) is 64.2 Å². The van der Waals surface area contributed by atoms with Crippen LogP contribution in [0.2, 0.25) is 0 Å². The van der Waals surface area contributed by atoms with Crippen molar-refractivity contribution in [1.82, 2.24) is 0 Å². The van der Waals surface area contributed by atoms with Gasteiger partial charge in [0.25, 0.3) is 10.1 Å². The SMILES string of the molecule is CN=P(N=P(C)(Oc1ccc(C)cc1)Oc1ccc(OC)cc1)(Oc1ccc(CCC(CCC(C)c2ccc(OCCCCS(=O)(=O)O)cc2)c2ccccc2)cc1)Oc1ccc(OC)cc1. The van der Waals surface area contributed by atoms with E-state index >= 15 is 0 Å². The van der Waals surface area contributed by atoms with E-state index in [9.17, 15) is 8.42 Å². The van der Waals surface area contributed by atoms with Gasteiger partial charge in [-0.1, -0.05) is 79.2 Å². The van der Waals surface area contributed by atoms with Gasteiger partial charge < -0.3 is 32.3 Å². The number of nitrogens with zero attached hydrogens (tertiary/aromatic N) is 2. The first kappa shape index (κ1) is 50.7. The average molecular weight is 969 g/mol. The topological polar surface area (TPSA) is 144 Å². The lowest BCUT2D eigenvalue weighted by atomic mass is 9.85. The Morgan fingerprint density at radius 3 is 1.60 bits per heavy atom. The maximum Gasteiger partial charge on any atom is 0.448 e. The summed E-state index contributed by atoms with van der Waals surface area (Å²) in [6, 6.07) is 49.0. The van der Waals surface area contributed by atoms with Crippen molar-refractivity contribution in [3.63, 3.8) is 0 Å². The minimum atomic E-state index is -3.95. The van der Waals surface area contributed by atoms with Crippen LogP contribution in [-0.2, 0) is 16.5 Å². The predicted octanol–water partition coefficient (Wildman–Crippen LogP) is 14.2. The molecule has 0 radical (unpaired) electrons. The molecule has 4 unspecified atom stereocenters. The second-order valence-corrected chi connectivity index (χ2v) is 22.3. The van der Waals surface area contributed by atoms with Crippen molar-refractivity contribution in [2.24, 2.45) is 9.26 Å². The molecule has 6 aromatic rings. The van der Waals surface area contributed by atoms with Gasteiger partial charge in [0, 0.05) is 13.7 Å². The van der Waals surface area contributed by atoms with E-state index in [4.69, 9.17) is 46.1 Å². The van der Waals surface area contributed by atoms with Gasteiger partial charge in [0.15, 0.2) is 0 Å². The smallest absolute Gasteiger partial charge is 0.448 e. The number of hydrogen-bond donors (Lipinski definition) is 1. The fraction of sp³-hybridized carbons (Fsp3) is 0.308. The lowest BCUT2D eigenvalue weighted by Crippen LogP contribution is -2.06. The summed E-state index contributed by atoms with van der Waals surface area (Å²) in [5.74, 6) is 4.66. The second-order valence-electron chi connectivity index (χ2n) is 16.3. The maximum atomic E-state index is 11.0. The molecule has 4 atom stereocenters. The minimum absolute atomic E-state index is 0.258. The Balaban J connectivity index is 1.18. The van der Waals surface area contributed by atoms with Crippen LogP contribution in [-0.4, -0.2) is 53.3 Å². The Labute approximate surface area is 396 Å². The number of benzene rings is 6. The Hall–Kier alpha value is -5.71. The molecule has 0 amide bonds. The summed E-state index contributed by atoms with van der Waals surface area (Å²) in [7, 11) is -5.90. The van der Waals surface area contributed by atoms with Crippen molar-refractivity contribution in [2.75, 3.05) is 40.3 Å². The van der Waals surface area contributed by atoms with Crippen LogP contribution in [0.15, 0.2) is 161 Å². The van der Waals surface area contributed by atoms with Gasteiger partial charge in [-0.25, -0.2) is 4.74 Å². The largest absolute Gasteiger partial charge is 0.497 e. The van der Waals surface area contributed by atoms with E-state index in [1.165, 1.54) is 16.7 Å². The molecule has 67 heavy (non-hydrogen) atoms. The van der Waals surface area contributed by atoms with E-state index in [1.54, 1.807) is 33.4 Å². The molecule has 0 saturated heterocycles. The van der Waals surface area contributed by atoms with Crippen LogP contribution in [0.5, 0.6) is 40.2 Å². The molecule has 0 aromatic heterocycles. The van der Waals surface area contributed by atoms with E-state index < -0.39 is 25.3 Å². The van der Waals surface area contributed by atoms with Crippen LogP contribution in [0.1, 0.15) is 73.1 Å². The van der Waals surface area contributed by atoms with Crippen molar-refractivity contribution >= 4 is 25.3 Å². The molecule has 6 aromatic carbocycles. The third kappa shape index (κ3) is 16.2. The Kier molecular flexibility index (Phi) is 18.4. The summed E-state index contributed by atoms with van der Waals surface area (Å²) in [5, 5.41) is 0. The average Bonchev–Trinajstić information content (AvgIpc) is 3.33. The summed E-state index contributed by atoms with van der Waals surface area (Å²) in [6.07, 6.45) is 4.72. The number of hydrogen-bond acceptors (Lipinski definition) is 10. The quantitative estimate of drug-likeness (QED) is 0.0334. The monoisotopic (exact) mass is 968 g/mol. The highest BCUT2D eigenvalue weighted by Crippen LogP contribution is 2.63. The molecule has 0 aliphatic rings. The van der Waals surface area contributed by atoms with E-state index in [-0.39, 0.29) is 5.75 Å². The van der Waals surface area contributed by atoms with Crippen LogP contribution in [0.3, 0.4) is 0 Å². The summed E-state index contributed by atoms with van der Waals surface area (Å²) in [6.45, 7) is 6.48. The highest BCUT2D eigenvalue weighted by Gasteiger charge is 2.33. The van der Waals surface area contributed by atoms with Crippen LogP contribution in [0, 0.1) is 6.92 Å². The minimum Gasteiger partial charge on any atom is -0.497 e. The van der Waals surface area contributed by atoms with Crippen LogP contribution < -0.4 is 32.3 Å². The molecule has 6 rings (SSSR count). The molecule has 0 saturated carbocycles. The zero-order valence-electron chi connectivity index (χ0n) is 39.1. The first-order valence-electron chi connectivity index (χ1n) is 22.3. The fourth-order valence-electron chi connectivity index (χ4n) is 7.32. The Morgan fingerprint density at radius 1 is 0.582 bits per heavy atom. The molecule has 0 bridgehead atoms. The molecule has 0 aliphatic heterocycles. The van der Waals surface area contributed by atoms with Gasteiger partial charge in [0.05, 0.1) is 26.6 Å². The van der Waals surface area contributed by atoms with Crippen molar-refractivity contribution in [3.8, 4) is 40.2 Å². The highest BCUT2D eigenvalue weighted by molar-refractivity contribution is 7.85. The summed E-state index contributed by atoms with van der Waals surface area (Å²) in [5.41, 5.74) is 4.81. The molecule has 0 aliphatic carbocycles. The predicted molar refractivity (Wildman–Crippen MR) is 269 cm³/mol. The molecule has 356 valence electrons. The molecule has 12 nitrogen and oxygen atoms in total. The molecule has 0 heterocycles.